The van der Waals surface area contributed by atoms with Crippen LogP contribution in [0, 0.1) is 6.92 Å². The molecule has 0 spiro atoms. The molecule has 0 bridgehead atoms. The number of aryl methyl sites for hydroxylation is 1. The molecule has 1 heterocycles. The van der Waals surface area contributed by atoms with Crippen molar-refractivity contribution in [1.82, 2.24) is 0 Å². The number of methoxy groups -OCH3 is 1. The Labute approximate surface area is 124 Å². The van der Waals surface area contributed by atoms with Crippen LogP contribution in [-0.2, 0) is 9.53 Å². The average Bonchev–Trinajstić information content (AvgIpc) is 2.53. The molecule has 0 saturated carbocycles. The fourth-order valence-electron chi connectivity index (χ4n) is 2.98. The summed E-state index contributed by atoms with van der Waals surface area (Å²) in [5.74, 6) is -0.375. The fraction of sp³-hybridized carbons (Fsp3) is 0.278. The lowest BCUT2D eigenvalue weighted by atomic mass is 9.84. The van der Waals surface area contributed by atoms with Crippen LogP contribution in [0.3, 0.4) is 0 Å². The summed E-state index contributed by atoms with van der Waals surface area (Å²) in [5, 5.41) is 3.56. The molecule has 0 radical (unpaired) electrons. The molecule has 1 aliphatic heterocycles. The Balaban J connectivity index is 2.01. The SMILES string of the molecule is COC(=O)C1CC(c2ccccc2)Nc2cc(C)ccc21. The molecule has 2 atom stereocenters. The first-order valence-electron chi connectivity index (χ1n) is 7.19. The predicted octanol–water partition coefficient (Wildman–Crippen LogP) is 3.81. The van der Waals surface area contributed by atoms with Crippen molar-refractivity contribution in [2.24, 2.45) is 0 Å². The highest BCUT2D eigenvalue weighted by molar-refractivity contribution is 5.82. The molecule has 0 fully saturated rings. The van der Waals surface area contributed by atoms with Crippen LogP contribution < -0.4 is 5.32 Å². The second-order valence-corrected chi connectivity index (χ2v) is 5.51. The summed E-state index contributed by atoms with van der Waals surface area (Å²) in [6.45, 7) is 2.06. The average molecular weight is 281 g/mol. The van der Waals surface area contributed by atoms with Gasteiger partial charge in [-0.1, -0.05) is 42.5 Å². The standard InChI is InChI=1S/C18H19NO2/c1-12-8-9-14-15(18(20)21-2)11-16(19-17(14)10-12)13-6-4-3-5-7-13/h3-10,15-16,19H,11H2,1-2H3. The van der Waals surface area contributed by atoms with Gasteiger partial charge in [-0.3, -0.25) is 4.79 Å². The highest BCUT2D eigenvalue weighted by Crippen LogP contribution is 2.41. The first kappa shape index (κ1) is 13.7. The predicted molar refractivity (Wildman–Crippen MR) is 83.4 cm³/mol. The van der Waals surface area contributed by atoms with Crippen molar-refractivity contribution in [3.8, 4) is 0 Å². The Morgan fingerprint density at radius 1 is 1.19 bits per heavy atom. The summed E-state index contributed by atoms with van der Waals surface area (Å²) in [5.41, 5.74) is 4.43. The van der Waals surface area contributed by atoms with Gasteiger partial charge in [0.15, 0.2) is 0 Å². The summed E-state index contributed by atoms with van der Waals surface area (Å²) in [6.07, 6.45) is 0.715. The lowest BCUT2D eigenvalue weighted by molar-refractivity contribution is -0.142. The summed E-state index contributed by atoms with van der Waals surface area (Å²) < 4.78 is 4.99. The summed E-state index contributed by atoms with van der Waals surface area (Å²) in [6, 6.07) is 16.5. The van der Waals surface area contributed by atoms with E-state index in [2.05, 4.69) is 30.4 Å². The van der Waals surface area contributed by atoms with Gasteiger partial charge in [-0.2, -0.15) is 0 Å². The molecule has 0 aliphatic carbocycles. The van der Waals surface area contributed by atoms with Crippen LogP contribution in [0.2, 0.25) is 0 Å². The van der Waals surface area contributed by atoms with Crippen LogP contribution in [0.25, 0.3) is 0 Å². The second kappa shape index (κ2) is 5.60. The number of ether oxygens (including phenoxy) is 1. The van der Waals surface area contributed by atoms with E-state index in [4.69, 9.17) is 4.74 Å². The maximum Gasteiger partial charge on any atom is 0.313 e. The molecule has 1 aliphatic rings. The van der Waals surface area contributed by atoms with Gasteiger partial charge in [0.25, 0.3) is 0 Å². The van der Waals surface area contributed by atoms with E-state index in [0.29, 0.717) is 6.42 Å². The number of hydrogen-bond acceptors (Lipinski definition) is 3. The largest absolute Gasteiger partial charge is 0.469 e. The van der Waals surface area contributed by atoms with Gasteiger partial charge in [0.2, 0.25) is 0 Å². The smallest absolute Gasteiger partial charge is 0.313 e. The van der Waals surface area contributed by atoms with Crippen LogP contribution >= 0.6 is 0 Å². The van der Waals surface area contributed by atoms with E-state index in [1.807, 2.05) is 30.3 Å². The Morgan fingerprint density at radius 2 is 1.95 bits per heavy atom. The van der Waals surface area contributed by atoms with Gasteiger partial charge in [-0.25, -0.2) is 0 Å². The topological polar surface area (TPSA) is 38.3 Å². The van der Waals surface area contributed by atoms with Gasteiger partial charge in [-0.15, -0.1) is 0 Å². The zero-order chi connectivity index (χ0) is 14.8. The van der Waals surface area contributed by atoms with Crippen LogP contribution in [0.5, 0.6) is 0 Å². The van der Waals surface area contributed by atoms with Crippen LogP contribution in [-0.4, -0.2) is 13.1 Å². The van der Waals surface area contributed by atoms with Gasteiger partial charge >= 0.3 is 5.97 Å². The first-order chi connectivity index (χ1) is 10.2. The third kappa shape index (κ3) is 2.64. The van der Waals surface area contributed by atoms with Gasteiger partial charge in [-0.05, 0) is 36.1 Å². The van der Waals surface area contributed by atoms with Crippen LogP contribution in [0.1, 0.15) is 35.1 Å². The third-order valence-corrected chi connectivity index (χ3v) is 4.07. The summed E-state index contributed by atoms with van der Waals surface area (Å²) in [7, 11) is 1.45. The molecule has 2 aromatic rings. The number of rotatable bonds is 2. The number of hydrogen-bond donors (Lipinski definition) is 1. The lowest BCUT2D eigenvalue weighted by Crippen LogP contribution is -2.27. The molecule has 0 saturated heterocycles. The Bertz CT molecular complexity index is 652. The Hall–Kier alpha value is -2.29. The summed E-state index contributed by atoms with van der Waals surface area (Å²) >= 11 is 0. The molecule has 2 aromatic carbocycles. The highest BCUT2D eigenvalue weighted by Gasteiger charge is 2.32. The Morgan fingerprint density at radius 3 is 2.67 bits per heavy atom. The van der Waals surface area contributed by atoms with Crippen LogP contribution in [0.15, 0.2) is 48.5 Å². The molecule has 0 aromatic heterocycles. The van der Waals surface area contributed by atoms with Crippen molar-refractivity contribution < 1.29 is 9.53 Å². The first-order valence-corrected chi connectivity index (χ1v) is 7.19. The van der Waals surface area contributed by atoms with E-state index in [1.165, 1.54) is 18.2 Å². The van der Waals surface area contributed by atoms with Gasteiger partial charge in [0, 0.05) is 5.69 Å². The van der Waals surface area contributed by atoms with Gasteiger partial charge < -0.3 is 10.1 Å². The molecule has 108 valence electrons. The monoisotopic (exact) mass is 281 g/mol. The molecule has 1 N–H and O–H groups in total. The van der Waals surface area contributed by atoms with Crippen molar-refractivity contribution in [3.63, 3.8) is 0 Å². The molecule has 2 unspecified atom stereocenters. The number of esters is 1. The van der Waals surface area contributed by atoms with E-state index in [1.54, 1.807) is 0 Å². The molecule has 3 nitrogen and oxygen atoms in total. The number of benzene rings is 2. The van der Waals surface area contributed by atoms with Crippen molar-refractivity contribution in [2.75, 3.05) is 12.4 Å². The maximum atomic E-state index is 12.1. The fourth-order valence-corrected chi connectivity index (χ4v) is 2.98. The number of fused-ring (bicyclic) bond motifs is 1. The molecule has 3 heteroatoms. The molecule has 21 heavy (non-hydrogen) atoms. The van der Waals surface area contributed by atoms with E-state index >= 15 is 0 Å². The minimum atomic E-state index is -0.211. The van der Waals surface area contributed by atoms with Crippen molar-refractivity contribution in [2.45, 2.75) is 25.3 Å². The number of nitrogens with one attached hydrogen (secondary N) is 1. The van der Waals surface area contributed by atoms with Gasteiger partial charge in [0.1, 0.15) is 0 Å². The zero-order valence-electron chi connectivity index (χ0n) is 12.3. The quantitative estimate of drug-likeness (QED) is 0.851. The van der Waals surface area contributed by atoms with Gasteiger partial charge in [0.05, 0.1) is 19.1 Å². The summed E-state index contributed by atoms with van der Waals surface area (Å²) in [4.78, 5) is 12.1. The minimum absolute atomic E-state index is 0.129. The van der Waals surface area contributed by atoms with E-state index in [9.17, 15) is 4.79 Å². The third-order valence-electron chi connectivity index (χ3n) is 4.07. The van der Waals surface area contributed by atoms with E-state index in [-0.39, 0.29) is 17.9 Å². The maximum absolute atomic E-state index is 12.1. The van der Waals surface area contributed by atoms with Crippen molar-refractivity contribution in [3.05, 3.63) is 65.2 Å². The van der Waals surface area contributed by atoms with E-state index < -0.39 is 0 Å². The number of carbonyl (C=O) groups excluding carboxylic acids is 1. The number of anilines is 1. The molecular weight excluding hydrogens is 262 g/mol. The Kier molecular flexibility index (Phi) is 3.65. The van der Waals surface area contributed by atoms with Crippen molar-refractivity contribution >= 4 is 11.7 Å². The molecule has 0 amide bonds. The second-order valence-electron chi connectivity index (χ2n) is 5.51. The normalized spacial score (nSPS) is 20.3. The molecular formula is C18H19NO2. The molecule has 3 rings (SSSR count). The van der Waals surface area contributed by atoms with Crippen LogP contribution in [0.4, 0.5) is 5.69 Å². The number of carbonyl (C=O) groups is 1. The highest BCUT2D eigenvalue weighted by atomic mass is 16.5. The lowest BCUT2D eigenvalue weighted by Gasteiger charge is -2.32. The minimum Gasteiger partial charge on any atom is -0.469 e. The zero-order valence-corrected chi connectivity index (χ0v) is 12.3. The van der Waals surface area contributed by atoms with E-state index in [0.717, 1.165) is 11.3 Å². The van der Waals surface area contributed by atoms with Crippen molar-refractivity contribution in [1.29, 1.82) is 0 Å².